The van der Waals surface area contributed by atoms with E-state index in [2.05, 4.69) is 20.6 Å². The van der Waals surface area contributed by atoms with E-state index in [-0.39, 0.29) is 41.5 Å². The molecule has 2 atom stereocenters. The summed E-state index contributed by atoms with van der Waals surface area (Å²) in [5.74, 6) is -1.95. The number of hydrogen-bond donors (Lipinski definition) is 4. The average molecular weight is 1740 g/mol. The normalized spacial score (nSPS) is 13.0. The molecule has 0 saturated heterocycles. The van der Waals surface area contributed by atoms with E-state index >= 15 is 0 Å². The van der Waals surface area contributed by atoms with Crippen molar-refractivity contribution in [2.24, 2.45) is 0 Å². The van der Waals surface area contributed by atoms with Crippen LogP contribution in [0.2, 0.25) is 40.2 Å². The number of nitriles is 4. The Morgan fingerprint density at radius 3 is 1.04 bits per heavy atom. The summed E-state index contributed by atoms with van der Waals surface area (Å²) in [6, 6.07) is 8.98. The topological polar surface area (TPSA) is 353 Å². The number of sulfone groups is 2. The maximum atomic E-state index is 12.8. The maximum Gasteiger partial charge on any atom is 0.502 e. The molecule has 0 aliphatic heterocycles. The zero-order valence-electron chi connectivity index (χ0n) is 48.6. The van der Waals surface area contributed by atoms with E-state index in [4.69, 9.17) is 125 Å². The van der Waals surface area contributed by atoms with Gasteiger partial charge in [-0.15, -0.1) is 0 Å². The zero-order chi connectivity index (χ0) is 80.2. The molecule has 4 aromatic carbocycles. The minimum atomic E-state index is -6.25. The number of benzene rings is 4. The van der Waals surface area contributed by atoms with E-state index in [1.165, 1.54) is 19.4 Å². The van der Waals surface area contributed by atoms with Gasteiger partial charge in [0.1, 0.15) is 74.3 Å². The van der Waals surface area contributed by atoms with Gasteiger partial charge in [-0.25, -0.2) is 39.8 Å². The Bertz CT molecular complexity index is 5220. The van der Waals surface area contributed by atoms with Crippen LogP contribution in [0.25, 0.3) is 22.7 Å². The van der Waals surface area contributed by atoms with Crippen LogP contribution in [0.3, 0.4) is 0 Å². The number of H-pyrrole nitrogens is 1. The summed E-state index contributed by atoms with van der Waals surface area (Å²) in [5.41, 5.74) is -18.4. The van der Waals surface area contributed by atoms with E-state index in [9.17, 15) is 122 Å². The van der Waals surface area contributed by atoms with Gasteiger partial charge in [-0.3, -0.25) is 14.1 Å². The zero-order valence-corrected chi connectivity index (χ0v) is 58.0. The minimum absolute atomic E-state index is 0.0436. The minimum Gasteiger partial charge on any atom is -0.383 e. The summed E-state index contributed by atoms with van der Waals surface area (Å²) >= 11 is 46.1. The number of halogens is 29. The van der Waals surface area contributed by atoms with Gasteiger partial charge >= 0.3 is 41.2 Å². The molecule has 0 radical (unpaired) electrons. The van der Waals surface area contributed by atoms with Gasteiger partial charge in [-0.1, -0.05) is 92.8 Å². The lowest BCUT2D eigenvalue weighted by Crippen LogP contribution is -2.29. The second kappa shape index (κ2) is 30.8. The predicted molar refractivity (Wildman–Crippen MR) is 326 cm³/mol. The number of aromatic amines is 1. The van der Waals surface area contributed by atoms with Crippen LogP contribution < -0.4 is 22.3 Å². The molecule has 0 aliphatic rings. The predicted octanol–water partition coefficient (Wildman–Crippen LogP) is 15.7. The number of anilines is 3. The van der Waals surface area contributed by atoms with Gasteiger partial charge in [-0.05, 0) is 48.5 Å². The first-order valence-electron chi connectivity index (χ1n) is 24.9. The first-order chi connectivity index (χ1) is 47.1. The van der Waals surface area contributed by atoms with Gasteiger partial charge < -0.3 is 16.8 Å². The molecule has 6 N–H and O–H groups in total. The highest BCUT2D eigenvalue weighted by atomic mass is 35.5. The standard InChI is InChI=1S/C13H9Cl2F3N4OS.C12H4Cl2F6N4O2S.C12H4Cl2F6N4OS.C12H3Cl2F6N3O3S/c1-20-12-11(24(2)23)9(5-19)21-22(12)10-7(14)3-6(4-8(10)15)13(16,17)18;13-5-1-4(11(15,16)17)2-6(14)8(5)24-10(22)9(7(3-21)23-24)27(25,26)12(18,19)20;13-5-1-4(11(15,16)17)2-6(14)8(5)24-10(22)9(7(3-21)23-24)26(25)12(18,19)20;13-5-1-4(11(15,16)17)2-6(14)8(5)23-10(24)9(7(3-21)22-23)27(25,26)12(18,19)20/h3-4,20H,1-2H3;1-2H,22H2;1-2H,22H2;1-2,22H. The van der Waals surface area contributed by atoms with Crippen molar-refractivity contribution in [3.63, 3.8) is 0 Å². The fourth-order valence-corrected chi connectivity index (χ4v) is 13.9. The van der Waals surface area contributed by atoms with Crippen molar-refractivity contribution in [3.05, 3.63) is 144 Å². The van der Waals surface area contributed by atoms with Crippen molar-refractivity contribution in [2.45, 2.75) is 60.8 Å². The Balaban J connectivity index is 0.000000249. The molecule has 0 spiro atoms. The molecule has 0 saturated carbocycles. The third kappa shape index (κ3) is 17.7. The number of hydrogen-bond acceptors (Lipinski definition) is 17. The van der Waals surface area contributed by atoms with Crippen LogP contribution in [0.4, 0.5) is 110 Å². The molecule has 0 bridgehead atoms. The average Bonchev–Trinajstić information content (AvgIpc) is 1.59. The number of nitrogens with zero attached hydrogens (tertiary/aromatic N) is 11. The lowest BCUT2D eigenvalue weighted by molar-refractivity contribution is -0.138. The summed E-state index contributed by atoms with van der Waals surface area (Å²) in [6.07, 6.45) is -17.8. The van der Waals surface area contributed by atoms with Gasteiger partial charge in [0.15, 0.2) is 43.4 Å². The van der Waals surface area contributed by atoms with E-state index < -0.39 is 201 Å². The molecule has 0 aliphatic carbocycles. The fourth-order valence-electron chi connectivity index (χ4n) is 7.89. The van der Waals surface area contributed by atoms with Gasteiger partial charge in [0, 0.05) is 13.3 Å². The van der Waals surface area contributed by atoms with Crippen molar-refractivity contribution in [3.8, 4) is 47.0 Å². The van der Waals surface area contributed by atoms with Crippen LogP contribution in [0, 0.1) is 45.3 Å². The highest BCUT2D eigenvalue weighted by Gasteiger charge is 2.53. The molecule has 4 heterocycles. The summed E-state index contributed by atoms with van der Waals surface area (Å²) in [6.45, 7) is 0. The molecule has 104 heavy (non-hydrogen) atoms. The van der Waals surface area contributed by atoms with Crippen molar-refractivity contribution in [2.75, 3.05) is 30.1 Å². The van der Waals surface area contributed by atoms with Crippen LogP contribution in [0.15, 0.2) is 72.9 Å². The fraction of sp³-hybridized carbons (Fsp3) is 0.184. The molecule has 8 rings (SSSR count). The van der Waals surface area contributed by atoms with Crippen molar-refractivity contribution in [1.29, 1.82) is 21.0 Å². The molecular formula is C49H20Cl8F21N15O7S4. The number of rotatable bonds is 9. The second-order valence-electron chi connectivity index (χ2n) is 18.8. The molecule has 8 aromatic rings. The summed E-state index contributed by atoms with van der Waals surface area (Å²) in [7, 11) is -16.1. The largest absolute Gasteiger partial charge is 0.502 e. The third-order valence-electron chi connectivity index (χ3n) is 12.2. The van der Waals surface area contributed by atoms with Crippen molar-refractivity contribution >= 4 is 152 Å². The van der Waals surface area contributed by atoms with Gasteiger partial charge in [0.2, 0.25) is 0 Å². The lowest BCUT2D eigenvalue weighted by atomic mass is 10.2. The van der Waals surface area contributed by atoms with Crippen LogP contribution in [-0.4, -0.2) is 94.2 Å². The van der Waals surface area contributed by atoms with Crippen LogP contribution in [0.5, 0.6) is 0 Å². The highest BCUT2D eigenvalue weighted by molar-refractivity contribution is 7.92. The molecule has 4 aromatic heterocycles. The van der Waals surface area contributed by atoms with Crippen molar-refractivity contribution < 1.29 is 117 Å². The summed E-state index contributed by atoms with van der Waals surface area (Å²) in [5, 5.41) is 45.8. The third-order valence-corrected chi connectivity index (χ3v) is 19.7. The van der Waals surface area contributed by atoms with Crippen LogP contribution in [-0.2, 0) is 66.0 Å². The Kier molecular flexibility index (Phi) is 25.6. The second-order valence-corrected chi connectivity index (χ2v) is 28.5. The molecule has 0 amide bonds. The number of nitrogen functional groups attached to an aromatic ring is 2. The van der Waals surface area contributed by atoms with Gasteiger partial charge in [0.25, 0.3) is 25.2 Å². The molecule has 55 heteroatoms. The smallest absolute Gasteiger partial charge is 0.383 e. The first-order valence-corrected chi connectivity index (χ1v) is 33.6. The van der Waals surface area contributed by atoms with Crippen LogP contribution >= 0.6 is 92.8 Å². The molecule has 2 unspecified atom stereocenters. The number of nitrogens with one attached hydrogen (secondary N) is 2. The molecule has 0 fully saturated rings. The van der Waals surface area contributed by atoms with E-state index in [0.29, 0.717) is 53.2 Å². The Morgan fingerprint density at radius 1 is 0.462 bits per heavy atom. The SMILES string of the molecule is CNc1c(S(C)=O)c(C#N)nn1-c1c(Cl)cc(C(F)(F)F)cc1Cl.N#Cc1[nH]n(-c2c(Cl)cc(C(F)(F)F)cc2Cl)c(=O)c1S(=O)(=O)C(F)(F)F.N#Cc1nn(-c2c(Cl)cc(C(F)(F)F)cc2Cl)c(N)c1S(=O)(=O)C(F)(F)F.N#Cc1nn(-c2c(Cl)cc(C(F)(F)F)cc2Cl)c(N)c1S(=O)C(F)(F)F. The summed E-state index contributed by atoms with van der Waals surface area (Å²) in [4.78, 5) is 7.55. The van der Waals surface area contributed by atoms with E-state index in [0.717, 1.165) is 16.8 Å². The number of aromatic nitrogens is 8. The van der Waals surface area contributed by atoms with Gasteiger partial charge in [-0.2, -0.15) is 129 Å². The molecular weight excluding hydrogens is 1720 g/mol. The monoisotopic (exact) mass is 1740 g/mol. The Hall–Kier alpha value is -8.07. The Morgan fingerprint density at radius 2 is 0.750 bits per heavy atom. The lowest BCUT2D eigenvalue weighted by Gasteiger charge is -2.14. The van der Waals surface area contributed by atoms with E-state index in [1.54, 1.807) is 11.2 Å². The quantitative estimate of drug-likeness (QED) is 0.0975. The van der Waals surface area contributed by atoms with Crippen molar-refractivity contribution in [1.82, 2.24) is 39.1 Å². The Labute approximate surface area is 607 Å². The van der Waals surface area contributed by atoms with Gasteiger partial charge in [0.05, 0.1) is 73.2 Å². The number of alkyl halides is 21. The maximum absolute atomic E-state index is 12.8. The van der Waals surface area contributed by atoms with E-state index in [1.807, 2.05) is 0 Å². The highest BCUT2D eigenvalue weighted by Crippen LogP contribution is 2.46. The molecule has 22 nitrogen and oxygen atoms in total. The number of nitrogens with two attached hydrogens (primary N) is 2. The van der Waals surface area contributed by atoms with Crippen LogP contribution in [0.1, 0.15) is 45.0 Å². The summed E-state index contributed by atoms with van der Waals surface area (Å²) < 4.78 is 339. The molecule has 560 valence electrons. The first kappa shape index (κ1) is 86.6.